The number of aromatic nitrogens is 4. The minimum Gasteiger partial charge on any atom is -0.442 e. The number of ether oxygens (including phenoxy) is 1. The van der Waals surface area contributed by atoms with Crippen molar-refractivity contribution in [2.45, 2.75) is 18.1 Å². The van der Waals surface area contributed by atoms with Gasteiger partial charge >= 0.3 is 6.09 Å². The number of nitriles is 1. The number of carbonyl (C=O) groups excluding carboxylic acids is 2. The smallest absolute Gasteiger partial charge is 0.414 e. The Kier molecular flexibility index (Phi) is 5.38. The maximum atomic E-state index is 15.1. The summed E-state index contributed by atoms with van der Waals surface area (Å²) >= 11 is 0. The second-order valence-corrected chi connectivity index (χ2v) is 9.49. The van der Waals surface area contributed by atoms with Gasteiger partial charge in [0.2, 0.25) is 5.91 Å². The van der Waals surface area contributed by atoms with Crippen LogP contribution < -0.4 is 4.90 Å². The maximum absolute atomic E-state index is 15.1. The van der Waals surface area contributed by atoms with Gasteiger partial charge in [-0.25, -0.2) is 13.9 Å². The summed E-state index contributed by atoms with van der Waals surface area (Å²) < 4.78 is 22.1. The molecule has 0 radical (unpaired) electrons. The van der Waals surface area contributed by atoms with E-state index in [0.717, 1.165) is 0 Å². The summed E-state index contributed by atoms with van der Waals surface area (Å²) in [4.78, 5) is 31.6. The Morgan fingerprint density at radius 1 is 1.24 bits per heavy atom. The lowest BCUT2D eigenvalue weighted by Crippen LogP contribution is -2.36. The van der Waals surface area contributed by atoms with Gasteiger partial charge in [-0.05, 0) is 24.3 Å². The average Bonchev–Trinajstić information content (AvgIpc) is 3.41. The van der Waals surface area contributed by atoms with Gasteiger partial charge in [0.05, 0.1) is 36.7 Å². The fraction of sp³-hybridized carbons (Fsp3) is 0.360. The van der Waals surface area contributed by atoms with Gasteiger partial charge in [-0.2, -0.15) is 5.26 Å². The van der Waals surface area contributed by atoms with E-state index in [0.29, 0.717) is 42.1 Å². The highest BCUT2D eigenvalue weighted by atomic mass is 19.1. The summed E-state index contributed by atoms with van der Waals surface area (Å²) in [7, 11) is 0. The van der Waals surface area contributed by atoms with Crippen molar-refractivity contribution >= 4 is 17.7 Å². The van der Waals surface area contributed by atoms with Crippen LogP contribution in [-0.4, -0.2) is 74.3 Å². The van der Waals surface area contributed by atoms with E-state index in [9.17, 15) is 14.9 Å². The first-order valence-electron chi connectivity index (χ1n) is 11.8. The number of likely N-dealkylation sites (tertiary alicyclic amines) is 1. The maximum Gasteiger partial charge on any atom is 0.414 e. The highest BCUT2D eigenvalue weighted by Gasteiger charge is 2.71. The SMILES string of the molecule is N#CC1(c2ccc(-c3ccc(N4C[C@H](Cn5ccnn5)OC4=O)cc3F)cn2)C2CN(C(=O)CO)CC21. The molecule has 2 unspecified atom stereocenters. The molecule has 2 aromatic heterocycles. The number of fused-ring (bicyclic) bond motifs is 1. The van der Waals surface area contributed by atoms with Gasteiger partial charge in [0, 0.05) is 48.4 Å². The molecule has 12 heteroatoms. The zero-order chi connectivity index (χ0) is 25.7. The molecule has 3 fully saturated rings. The molecule has 0 spiro atoms. The summed E-state index contributed by atoms with van der Waals surface area (Å²) in [6, 6.07) is 10.4. The zero-order valence-electron chi connectivity index (χ0n) is 19.6. The number of halogens is 1. The van der Waals surface area contributed by atoms with Crippen molar-refractivity contribution in [1.29, 1.82) is 5.26 Å². The fourth-order valence-electron chi connectivity index (χ4n) is 5.61. The minimum atomic E-state index is -0.772. The summed E-state index contributed by atoms with van der Waals surface area (Å²) in [5.74, 6) is -0.919. The molecule has 188 valence electrons. The molecule has 11 nitrogen and oxygen atoms in total. The number of anilines is 1. The number of benzene rings is 1. The first-order chi connectivity index (χ1) is 17.9. The topological polar surface area (TPSA) is 137 Å². The first kappa shape index (κ1) is 23.1. The lowest BCUT2D eigenvalue weighted by molar-refractivity contribution is -0.133. The van der Waals surface area contributed by atoms with Gasteiger partial charge in [0.15, 0.2) is 0 Å². The number of amides is 2. The van der Waals surface area contributed by atoms with Gasteiger partial charge in [-0.1, -0.05) is 11.3 Å². The molecule has 1 saturated carbocycles. The molecule has 6 rings (SSSR count). The fourth-order valence-corrected chi connectivity index (χ4v) is 5.61. The Morgan fingerprint density at radius 3 is 2.68 bits per heavy atom. The van der Waals surface area contributed by atoms with Gasteiger partial charge in [-0.3, -0.25) is 14.7 Å². The predicted molar refractivity (Wildman–Crippen MR) is 125 cm³/mol. The Morgan fingerprint density at radius 2 is 2.05 bits per heavy atom. The largest absolute Gasteiger partial charge is 0.442 e. The molecule has 1 N–H and O–H groups in total. The molecule has 3 aromatic rings. The van der Waals surface area contributed by atoms with Crippen LogP contribution in [0.2, 0.25) is 0 Å². The van der Waals surface area contributed by atoms with Crippen LogP contribution in [0.3, 0.4) is 0 Å². The van der Waals surface area contributed by atoms with E-state index < -0.39 is 30.0 Å². The van der Waals surface area contributed by atoms with Gasteiger partial charge in [0.25, 0.3) is 0 Å². The molecule has 37 heavy (non-hydrogen) atoms. The quantitative estimate of drug-likeness (QED) is 0.532. The highest BCUT2D eigenvalue weighted by Crippen LogP contribution is 2.62. The number of piperidine rings is 1. The molecule has 3 atom stereocenters. The number of rotatable bonds is 6. The van der Waals surface area contributed by atoms with Crippen LogP contribution in [-0.2, 0) is 21.5 Å². The number of nitrogens with zero attached hydrogens (tertiary/aromatic N) is 7. The molecule has 0 bridgehead atoms. The summed E-state index contributed by atoms with van der Waals surface area (Å²) in [5, 5.41) is 26.6. The Labute approximate surface area is 210 Å². The van der Waals surface area contributed by atoms with Crippen molar-refractivity contribution in [3.05, 3.63) is 60.4 Å². The second kappa shape index (κ2) is 8.63. The monoisotopic (exact) mass is 503 g/mol. The molecule has 1 aliphatic carbocycles. The molecule has 1 aromatic carbocycles. The van der Waals surface area contributed by atoms with Crippen molar-refractivity contribution in [3.8, 4) is 17.2 Å². The zero-order valence-corrected chi connectivity index (χ0v) is 19.6. The van der Waals surface area contributed by atoms with Crippen molar-refractivity contribution in [1.82, 2.24) is 24.9 Å². The predicted octanol–water partition coefficient (Wildman–Crippen LogP) is 1.35. The molecular formula is C25H22FN7O4. The second-order valence-electron chi connectivity index (χ2n) is 9.49. The lowest BCUT2D eigenvalue weighted by Gasteiger charge is -2.22. The molecular weight excluding hydrogens is 481 g/mol. The third kappa shape index (κ3) is 3.70. The molecule has 4 heterocycles. The number of cyclic esters (lactones) is 1. The number of aliphatic hydroxyl groups is 1. The van der Waals surface area contributed by atoms with Crippen LogP contribution >= 0.6 is 0 Å². The van der Waals surface area contributed by atoms with E-state index in [-0.39, 0.29) is 24.3 Å². The lowest BCUT2D eigenvalue weighted by atomic mass is 9.95. The Balaban J connectivity index is 1.16. The number of pyridine rings is 1. The molecule has 3 aliphatic rings. The van der Waals surface area contributed by atoms with E-state index in [4.69, 9.17) is 9.84 Å². The van der Waals surface area contributed by atoms with Crippen molar-refractivity contribution in [2.75, 3.05) is 31.1 Å². The van der Waals surface area contributed by atoms with Crippen LogP contribution in [0.5, 0.6) is 0 Å². The van der Waals surface area contributed by atoms with Crippen molar-refractivity contribution in [3.63, 3.8) is 0 Å². The van der Waals surface area contributed by atoms with Crippen LogP contribution in [0.4, 0.5) is 14.9 Å². The third-order valence-electron chi connectivity index (χ3n) is 7.55. The molecule has 2 saturated heterocycles. The Hall–Kier alpha value is -4.37. The van der Waals surface area contributed by atoms with E-state index >= 15 is 4.39 Å². The summed E-state index contributed by atoms with van der Waals surface area (Å²) in [6.45, 7) is 0.889. The van der Waals surface area contributed by atoms with Gasteiger partial charge in [-0.15, -0.1) is 5.10 Å². The third-order valence-corrected chi connectivity index (χ3v) is 7.55. The van der Waals surface area contributed by atoms with Crippen LogP contribution in [0.1, 0.15) is 5.69 Å². The van der Waals surface area contributed by atoms with Crippen LogP contribution in [0.25, 0.3) is 11.1 Å². The summed E-state index contributed by atoms with van der Waals surface area (Å²) in [5.41, 5.74) is 1.06. The van der Waals surface area contributed by atoms with Crippen molar-refractivity contribution in [2.24, 2.45) is 11.8 Å². The van der Waals surface area contributed by atoms with E-state index in [1.54, 1.807) is 40.0 Å². The van der Waals surface area contributed by atoms with E-state index in [2.05, 4.69) is 21.4 Å². The average molecular weight is 503 g/mol. The standard InChI is InChI=1S/C25H22FN7O4/c26-21-7-16(33-10-17(37-24(33)36)9-32-6-5-29-30-32)2-3-18(21)15-1-4-22(28-8-15)25(14-27)19-11-31(12-20(19)25)23(35)13-34/h1-8,17,19-20,34H,9-13H2/t17-,19?,20?,25?/m0/s1. The number of hydrogen-bond donors (Lipinski definition) is 1. The summed E-state index contributed by atoms with van der Waals surface area (Å²) in [6.07, 6.45) is 3.76. The minimum absolute atomic E-state index is 0.0315. The first-order valence-corrected chi connectivity index (χ1v) is 11.8. The van der Waals surface area contributed by atoms with Crippen LogP contribution in [0, 0.1) is 29.0 Å². The van der Waals surface area contributed by atoms with Gasteiger partial charge in [0.1, 0.15) is 23.9 Å². The van der Waals surface area contributed by atoms with Gasteiger partial charge < -0.3 is 14.7 Å². The number of aliphatic hydroxyl groups excluding tert-OH is 1. The normalized spacial score (nSPS) is 26.1. The molecule has 2 aliphatic heterocycles. The Bertz CT molecular complexity index is 1390. The van der Waals surface area contributed by atoms with Crippen LogP contribution in [0.15, 0.2) is 48.9 Å². The number of hydrogen-bond acceptors (Lipinski definition) is 8. The number of carbonyl (C=O) groups is 2. The van der Waals surface area contributed by atoms with Crippen molar-refractivity contribution < 1.29 is 23.8 Å². The van der Waals surface area contributed by atoms with E-state index in [1.807, 2.05) is 0 Å². The van der Waals surface area contributed by atoms with E-state index in [1.165, 1.54) is 23.4 Å². The highest BCUT2D eigenvalue weighted by molar-refractivity contribution is 5.90. The molecule has 2 amide bonds.